The van der Waals surface area contributed by atoms with Gasteiger partial charge in [0.15, 0.2) is 0 Å². The number of thiophene rings is 1. The molecule has 0 bridgehead atoms. The number of rotatable bonds is 5. The van der Waals surface area contributed by atoms with Gasteiger partial charge in [0, 0.05) is 38.1 Å². The molecule has 126 valence electrons. The minimum absolute atomic E-state index is 0.0237. The number of ether oxygens (including phenoxy) is 1. The van der Waals surface area contributed by atoms with E-state index in [1.54, 1.807) is 7.11 Å². The minimum atomic E-state index is -0.0237. The number of hydrogen-bond donors (Lipinski definition) is 1. The van der Waals surface area contributed by atoms with Gasteiger partial charge in [0.1, 0.15) is 0 Å². The average molecular weight is 336 g/mol. The van der Waals surface area contributed by atoms with Gasteiger partial charge in [0.2, 0.25) is 5.91 Å². The number of methoxy groups -OCH3 is 1. The van der Waals surface area contributed by atoms with Gasteiger partial charge >= 0.3 is 0 Å². The largest absolute Gasteiger partial charge is 0.383 e. The smallest absolute Gasteiger partial charge is 0.263 e. The van der Waals surface area contributed by atoms with E-state index in [4.69, 9.17) is 4.74 Å². The van der Waals surface area contributed by atoms with Crippen molar-refractivity contribution in [3.63, 3.8) is 0 Å². The molecular formula is C17H24N2O3S. The zero-order chi connectivity index (χ0) is 16.3. The Hall–Kier alpha value is -1.40. The van der Waals surface area contributed by atoms with E-state index in [2.05, 4.69) is 5.32 Å². The van der Waals surface area contributed by atoms with E-state index in [-0.39, 0.29) is 23.1 Å². The van der Waals surface area contributed by atoms with Crippen LogP contribution < -0.4 is 5.32 Å². The van der Waals surface area contributed by atoms with E-state index in [1.165, 1.54) is 11.3 Å². The number of carbonyl (C=O) groups excluding carboxylic acids is 2. The van der Waals surface area contributed by atoms with Crippen LogP contribution in [0.1, 0.15) is 35.4 Å². The summed E-state index contributed by atoms with van der Waals surface area (Å²) in [6, 6.07) is 3.78. The van der Waals surface area contributed by atoms with Crippen LogP contribution in [-0.2, 0) is 9.53 Å². The van der Waals surface area contributed by atoms with Crippen LogP contribution >= 0.6 is 11.3 Å². The molecule has 1 spiro atoms. The summed E-state index contributed by atoms with van der Waals surface area (Å²) in [7, 11) is 1.63. The van der Waals surface area contributed by atoms with Gasteiger partial charge in [-0.05, 0) is 30.7 Å². The first kappa shape index (κ1) is 16.5. The molecule has 1 aliphatic heterocycles. The van der Waals surface area contributed by atoms with Gasteiger partial charge < -0.3 is 15.0 Å². The van der Waals surface area contributed by atoms with Crippen molar-refractivity contribution in [2.24, 2.45) is 11.3 Å². The van der Waals surface area contributed by atoms with E-state index in [0.29, 0.717) is 19.7 Å². The van der Waals surface area contributed by atoms with Gasteiger partial charge in [-0.1, -0.05) is 12.5 Å². The summed E-state index contributed by atoms with van der Waals surface area (Å²) in [6.45, 7) is 2.57. The highest BCUT2D eigenvalue weighted by Crippen LogP contribution is 2.50. The van der Waals surface area contributed by atoms with Crippen molar-refractivity contribution in [2.45, 2.75) is 25.7 Å². The topological polar surface area (TPSA) is 58.6 Å². The molecule has 23 heavy (non-hydrogen) atoms. The average Bonchev–Trinajstić information content (AvgIpc) is 3.28. The number of carbonyl (C=O) groups is 2. The van der Waals surface area contributed by atoms with Crippen molar-refractivity contribution in [2.75, 3.05) is 33.4 Å². The van der Waals surface area contributed by atoms with Gasteiger partial charge in [0.25, 0.3) is 5.91 Å². The maximum absolute atomic E-state index is 12.6. The summed E-state index contributed by atoms with van der Waals surface area (Å²) in [4.78, 5) is 27.8. The second kappa shape index (κ2) is 7.01. The van der Waals surface area contributed by atoms with E-state index < -0.39 is 0 Å². The standard InChI is InChI=1S/C17H24N2O3S/c1-22-10-8-18-15(20)13-4-2-6-17(13)7-9-19(12-17)16(21)14-5-3-11-23-14/h3,5,11,13H,2,4,6-10,12H2,1H3,(H,18,20)/t13-,17+/m0/s1. The molecule has 0 unspecified atom stereocenters. The maximum Gasteiger partial charge on any atom is 0.263 e. The van der Waals surface area contributed by atoms with Crippen LogP contribution in [0.3, 0.4) is 0 Å². The molecular weight excluding hydrogens is 312 g/mol. The van der Waals surface area contributed by atoms with E-state index in [9.17, 15) is 9.59 Å². The van der Waals surface area contributed by atoms with Gasteiger partial charge in [-0.3, -0.25) is 9.59 Å². The Morgan fingerprint density at radius 2 is 2.35 bits per heavy atom. The second-order valence-electron chi connectivity index (χ2n) is 6.55. The first-order chi connectivity index (χ1) is 11.2. The zero-order valence-corrected chi connectivity index (χ0v) is 14.4. The Morgan fingerprint density at radius 1 is 1.48 bits per heavy atom. The number of likely N-dealkylation sites (tertiary alicyclic amines) is 1. The molecule has 1 aromatic rings. The molecule has 1 aliphatic carbocycles. The summed E-state index contributed by atoms with van der Waals surface area (Å²) in [6.07, 6.45) is 3.99. The van der Waals surface area contributed by atoms with Crippen LogP contribution in [0.5, 0.6) is 0 Å². The molecule has 2 amide bonds. The summed E-state index contributed by atoms with van der Waals surface area (Å²) < 4.78 is 5.00. The Morgan fingerprint density at radius 3 is 3.09 bits per heavy atom. The molecule has 1 saturated heterocycles. The fourth-order valence-electron chi connectivity index (χ4n) is 4.06. The monoisotopic (exact) mass is 336 g/mol. The highest BCUT2D eigenvalue weighted by atomic mass is 32.1. The predicted octanol–water partition coefficient (Wildman–Crippen LogP) is 2.14. The van der Waals surface area contributed by atoms with Gasteiger partial charge in [0.05, 0.1) is 11.5 Å². The Bertz CT molecular complexity index is 560. The molecule has 3 rings (SSSR count). The lowest BCUT2D eigenvalue weighted by atomic mass is 9.76. The first-order valence-corrected chi connectivity index (χ1v) is 9.14. The molecule has 2 fully saturated rings. The molecule has 1 saturated carbocycles. The van der Waals surface area contributed by atoms with Crippen LogP contribution in [0.25, 0.3) is 0 Å². The van der Waals surface area contributed by atoms with Crippen molar-refractivity contribution in [3.05, 3.63) is 22.4 Å². The van der Waals surface area contributed by atoms with Crippen molar-refractivity contribution in [1.29, 1.82) is 0 Å². The lowest BCUT2D eigenvalue weighted by Crippen LogP contribution is -2.42. The minimum Gasteiger partial charge on any atom is -0.383 e. The summed E-state index contributed by atoms with van der Waals surface area (Å²) >= 11 is 1.49. The highest BCUT2D eigenvalue weighted by Gasteiger charge is 2.51. The predicted molar refractivity (Wildman–Crippen MR) is 89.5 cm³/mol. The number of amides is 2. The third-order valence-corrected chi connectivity index (χ3v) is 6.09. The molecule has 2 atom stereocenters. The van der Waals surface area contributed by atoms with Crippen LogP contribution in [0.15, 0.2) is 17.5 Å². The fourth-order valence-corrected chi connectivity index (χ4v) is 4.75. The second-order valence-corrected chi connectivity index (χ2v) is 7.49. The number of hydrogen-bond acceptors (Lipinski definition) is 4. The number of nitrogens with zero attached hydrogens (tertiary/aromatic N) is 1. The van der Waals surface area contributed by atoms with E-state index >= 15 is 0 Å². The van der Waals surface area contributed by atoms with Gasteiger partial charge in [-0.25, -0.2) is 0 Å². The Balaban J connectivity index is 1.65. The SMILES string of the molecule is COCCNC(=O)[C@@H]1CCC[C@]12CCN(C(=O)c1cccs1)C2. The van der Waals surface area contributed by atoms with Crippen molar-refractivity contribution < 1.29 is 14.3 Å². The van der Waals surface area contributed by atoms with Gasteiger partial charge in [-0.15, -0.1) is 11.3 Å². The van der Waals surface area contributed by atoms with E-state index in [0.717, 1.165) is 37.1 Å². The summed E-state index contributed by atoms with van der Waals surface area (Å²) in [5, 5.41) is 4.91. The van der Waals surface area contributed by atoms with Crippen LogP contribution in [-0.4, -0.2) is 50.1 Å². The normalized spacial score (nSPS) is 26.8. The molecule has 5 nitrogen and oxygen atoms in total. The molecule has 2 aliphatic rings. The fraction of sp³-hybridized carbons (Fsp3) is 0.647. The summed E-state index contributed by atoms with van der Waals surface area (Å²) in [5.41, 5.74) is -0.0237. The van der Waals surface area contributed by atoms with E-state index in [1.807, 2.05) is 22.4 Å². The molecule has 0 radical (unpaired) electrons. The zero-order valence-electron chi connectivity index (χ0n) is 13.5. The van der Waals surface area contributed by atoms with Crippen molar-refractivity contribution in [1.82, 2.24) is 10.2 Å². The molecule has 1 N–H and O–H groups in total. The molecule has 6 heteroatoms. The lowest BCUT2D eigenvalue weighted by Gasteiger charge is -2.30. The number of nitrogens with one attached hydrogen (secondary N) is 1. The van der Waals surface area contributed by atoms with Crippen LogP contribution in [0.4, 0.5) is 0 Å². The maximum atomic E-state index is 12.6. The van der Waals surface area contributed by atoms with Crippen LogP contribution in [0.2, 0.25) is 0 Å². The van der Waals surface area contributed by atoms with Crippen molar-refractivity contribution >= 4 is 23.2 Å². The Kier molecular flexibility index (Phi) is 5.02. The van der Waals surface area contributed by atoms with Gasteiger partial charge in [-0.2, -0.15) is 0 Å². The quantitative estimate of drug-likeness (QED) is 0.838. The van der Waals surface area contributed by atoms with Crippen LogP contribution in [0, 0.1) is 11.3 Å². The highest BCUT2D eigenvalue weighted by molar-refractivity contribution is 7.12. The lowest BCUT2D eigenvalue weighted by molar-refractivity contribution is -0.128. The molecule has 2 heterocycles. The first-order valence-electron chi connectivity index (χ1n) is 8.26. The van der Waals surface area contributed by atoms with Crippen molar-refractivity contribution in [3.8, 4) is 0 Å². The summed E-state index contributed by atoms with van der Waals surface area (Å²) in [5.74, 6) is 0.271. The third-order valence-electron chi connectivity index (χ3n) is 5.23. The Labute approximate surface area is 141 Å². The molecule has 0 aromatic carbocycles. The third kappa shape index (κ3) is 3.28. The molecule has 1 aromatic heterocycles.